The van der Waals surface area contributed by atoms with Gasteiger partial charge in [-0.05, 0) is 25.3 Å². The van der Waals surface area contributed by atoms with Crippen LogP contribution in [-0.2, 0) is 4.84 Å². The molecule has 5 nitrogen and oxygen atoms in total. The molecule has 0 spiro atoms. The molecule has 1 saturated heterocycles. The SMILES string of the molecule is O=C(c1n[nH]c2ccccc12)N1CCCCCO1. The second-order valence-corrected chi connectivity index (χ2v) is 4.42. The summed E-state index contributed by atoms with van der Waals surface area (Å²) in [6.45, 7) is 1.24. The van der Waals surface area contributed by atoms with Crippen LogP contribution in [0.1, 0.15) is 29.8 Å². The van der Waals surface area contributed by atoms with Crippen molar-refractivity contribution in [3.8, 4) is 0 Å². The third-order valence-corrected chi connectivity index (χ3v) is 3.15. The maximum Gasteiger partial charge on any atom is 0.298 e. The normalized spacial score (nSPS) is 16.8. The Morgan fingerprint density at radius 3 is 3.11 bits per heavy atom. The molecular weight excluding hydrogens is 230 g/mol. The van der Waals surface area contributed by atoms with E-state index >= 15 is 0 Å². The minimum atomic E-state index is -0.158. The highest BCUT2D eigenvalue weighted by Gasteiger charge is 2.22. The topological polar surface area (TPSA) is 58.2 Å². The molecule has 5 heteroatoms. The maximum atomic E-state index is 12.3. The number of fused-ring (bicyclic) bond motifs is 1. The van der Waals surface area contributed by atoms with E-state index in [2.05, 4.69) is 10.2 Å². The van der Waals surface area contributed by atoms with Gasteiger partial charge in [-0.2, -0.15) is 5.10 Å². The Morgan fingerprint density at radius 2 is 2.17 bits per heavy atom. The molecular formula is C13H15N3O2. The van der Waals surface area contributed by atoms with E-state index in [1.807, 2.05) is 24.3 Å². The molecule has 0 radical (unpaired) electrons. The Morgan fingerprint density at radius 1 is 1.28 bits per heavy atom. The highest BCUT2D eigenvalue weighted by atomic mass is 16.7. The molecule has 1 aromatic carbocycles. The smallest absolute Gasteiger partial charge is 0.277 e. The molecule has 1 aromatic heterocycles. The standard InChI is InChI=1S/C13H15N3O2/c17-13(16-8-4-1-5-9-18-16)12-10-6-2-3-7-11(10)14-15-12/h2-3,6-7H,1,4-5,8-9H2,(H,14,15). The van der Waals surface area contributed by atoms with Crippen LogP contribution in [0, 0.1) is 0 Å². The van der Waals surface area contributed by atoms with Gasteiger partial charge < -0.3 is 0 Å². The molecule has 0 saturated carbocycles. The van der Waals surface area contributed by atoms with E-state index < -0.39 is 0 Å². The molecule has 2 aromatic rings. The van der Waals surface area contributed by atoms with E-state index in [1.165, 1.54) is 5.06 Å². The number of rotatable bonds is 1. The Labute approximate surface area is 105 Å². The summed E-state index contributed by atoms with van der Waals surface area (Å²) in [5.41, 5.74) is 1.31. The number of hydrogen-bond donors (Lipinski definition) is 1. The Kier molecular flexibility index (Phi) is 2.98. The number of carbonyl (C=O) groups excluding carboxylic acids is 1. The first kappa shape index (κ1) is 11.2. The average molecular weight is 245 g/mol. The van der Waals surface area contributed by atoms with E-state index in [-0.39, 0.29) is 5.91 Å². The van der Waals surface area contributed by atoms with Crippen LogP contribution in [0.2, 0.25) is 0 Å². The highest BCUT2D eigenvalue weighted by Crippen LogP contribution is 2.18. The van der Waals surface area contributed by atoms with Crippen LogP contribution in [0.4, 0.5) is 0 Å². The van der Waals surface area contributed by atoms with Crippen LogP contribution in [0.15, 0.2) is 24.3 Å². The minimum Gasteiger partial charge on any atom is -0.277 e. The number of nitrogens with one attached hydrogen (secondary N) is 1. The molecule has 0 unspecified atom stereocenters. The highest BCUT2D eigenvalue weighted by molar-refractivity contribution is 6.04. The predicted octanol–water partition coefficient (Wildman–Crippen LogP) is 2.12. The summed E-state index contributed by atoms with van der Waals surface area (Å²) in [4.78, 5) is 17.8. The van der Waals surface area contributed by atoms with Crippen molar-refractivity contribution in [3.05, 3.63) is 30.0 Å². The summed E-state index contributed by atoms with van der Waals surface area (Å²) in [6.07, 6.45) is 3.09. The Hall–Kier alpha value is -1.88. The van der Waals surface area contributed by atoms with Gasteiger partial charge in [0, 0.05) is 11.9 Å². The van der Waals surface area contributed by atoms with Crippen molar-refractivity contribution in [2.75, 3.05) is 13.2 Å². The summed E-state index contributed by atoms with van der Waals surface area (Å²) in [5, 5.41) is 9.26. The predicted molar refractivity (Wildman–Crippen MR) is 66.9 cm³/mol. The molecule has 94 valence electrons. The number of nitrogens with zero attached hydrogens (tertiary/aromatic N) is 2. The second-order valence-electron chi connectivity index (χ2n) is 4.42. The maximum absolute atomic E-state index is 12.3. The summed E-state index contributed by atoms with van der Waals surface area (Å²) in [5.74, 6) is -0.158. The zero-order valence-corrected chi connectivity index (χ0v) is 10.1. The first-order valence-electron chi connectivity index (χ1n) is 6.24. The molecule has 0 bridgehead atoms. The molecule has 0 aliphatic carbocycles. The number of H-pyrrole nitrogens is 1. The number of para-hydroxylation sites is 1. The van der Waals surface area contributed by atoms with Crippen molar-refractivity contribution in [1.29, 1.82) is 0 Å². The van der Waals surface area contributed by atoms with Gasteiger partial charge in [-0.3, -0.25) is 14.7 Å². The second kappa shape index (κ2) is 4.78. The van der Waals surface area contributed by atoms with Gasteiger partial charge in [-0.25, -0.2) is 5.06 Å². The van der Waals surface area contributed by atoms with E-state index in [9.17, 15) is 4.79 Å². The first-order chi connectivity index (χ1) is 8.86. The lowest BCUT2D eigenvalue weighted by Crippen LogP contribution is -2.31. The molecule has 1 aliphatic heterocycles. The van der Waals surface area contributed by atoms with Gasteiger partial charge in [0.2, 0.25) is 0 Å². The lowest BCUT2D eigenvalue weighted by Gasteiger charge is -2.17. The van der Waals surface area contributed by atoms with Crippen LogP contribution in [0.3, 0.4) is 0 Å². The molecule has 1 amide bonds. The van der Waals surface area contributed by atoms with Crippen LogP contribution in [0.25, 0.3) is 10.9 Å². The largest absolute Gasteiger partial charge is 0.298 e. The van der Waals surface area contributed by atoms with Crippen molar-refractivity contribution in [1.82, 2.24) is 15.3 Å². The fraction of sp³-hybridized carbons (Fsp3) is 0.385. The number of carbonyl (C=O) groups is 1. The summed E-state index contributed by atoms with van der Waals surface area (Å²) >= 11 is 0. The fourth-order valence-electron chi connectivity index (χ4n) is 2.18. The number of amides is 1. The van der Waals surface area contributed by atoms with Crippen LogP contribution >= 0.6 is 0 Å². The number of benzene rings is 1. The van der Waals surface area contributed by atoms with E-state index in [4.69, 9.17) is 4.84 Å². The third kappa shape index (κ3) is 1.97. The molecule has 0 atom stereocenters. The van der Waals surface area contributed by atoms with Crippen molar-refractivity contribution >= 4 is 16.8 Å². The van der Waals surface area contributed by atoms with Crippen molar-refractivity contribution < 1.29 is 9.63 Å². The van der Waals surface area contributed by atoms with Crippen molar-refractivity contribution in [3.63, 3.8) is 0 Å². The fourth-order valence-corrected chi connectivity index (χ4v) is 2.18. The molecule has 18 heavy (non-hydrogen) atoms. The Bertz CT molecular complexity index is 556. The lowest BCUT2D eigenvalue weighted by atomic mass is 10.2. The average Bonchev–Trinajstić information content (AvgIpc) is 2.65. The van der Waals surface area contributed by atoms with Crippen molar-refractivity contribution in [2.45, 2.75) is 19.3 Å². The van der Waals surface area contributed by atoms with Gasteiger partial charge in [-0.15, -0.1) is 0 Å². The molecule has 1 N–H and O–H groups in total. The third-order valence-electron chi connectivity index (χ3n) is 3.15. The number of hydroxylamine groups is 2. The van der Waals surface area contributed by atoms with Gasteiger partial charge in [-0.1, -0.05) is 18.2 Å². The van der Waals surface area contributed by atoms with E-state index in [0.717, 1.165) is 30.2 Å². The molecule has 2 heterocycles. The number of aromatic amines is 1. The molecule has 3 rings (SSSR count). The quantitative estimate of drug-likeness (QED) is 0.837. The van der Waals surface area contributed by atoms with Gasteiger partial charge in [0.1, 0.15) is 0 Å². The van der Waals surface area contributed by atoms with Gasteiger partial charge in [0.25, 0.3) is 5.91 Å². The summed E-state index contributed by atoms with van der Waals surface area (Å²) in [6, 6.07) is 7.61. The summed E-state index contributed by atoms with van der Waals surface area (Å²) in [7, 11) is 0. The van der Waals surface area contributed by atoms with Gasteiger partial charge in [0.15, 0.2) is 5.69 Å². The Balaban J connectivity index is 1.91. The zero-order valence-electron chi connectivity index (χ0n) is 10.1. The first-order valence-corrected chi connectivity index (χ1v) is 6.24. The number of aromatic nitrogens is 2. The minimum absolute atomic E-state index is 0.158. The van der Waals surface area contributed by atoms with Crippen LogP contribution < -0.4 is 0 Å². The van der Waals surface area contributed by atoms with Gasteiger partial charge in [0.05, 0.1) is 12.1 Å². The van der Waals surface area contributed by atoms with Gasteiger partial charge >= 0.3 is 0 Å². The van der Waals surface area contributed by atoms with E-state index in [1.54, 1.807) is 0 Å². The van der Waals surface area contributed by atoms with Crippen molar-refractivity contribution in [2.24, 2.45) is 0 Å². The molecule has 1 fully saturated rings. The monoisotopic (exact) mass is 245 g/mol. The van der Waals surface area contributed by atoms with Crippen LogP contribution in [-0.4, -0.2) is 34.3 Å². The van der Waals surface area contributed by atoms with E-state index in [0.29, 0.717) is 18.8 Å². The lowest BCUT2D eigenvalue weighted by molar-refractivity contribution is -0.115. The van der Waals surface area contributed by atoms with Crippen LogP contribution in [0.5, 0.6) is 0 Å². The molecule has 1 aliphatic rings. The number of hydrogen-bond acceptors (Lipinski definition) is 3. The zero-order chi connectivity index (χ0) is 12.4. The summed E-state index contributed by atoms with van der Waals surface area (Å²) < 4.78 is 0.